The second-order valence-corrected chi connectivity index (χ2v) is 5.55. The van der Waals surface area contributed by atoms with Crippen LogP contribution in [-0.2, 0) is 10.5 Å². The van der Waals surface area contributed by atoms with Gasteiger partial charge in [0.15, 0.2) is 0 Å². The van der Waals surface area contributed by atoms with Crippen LogP contribution in [0.25, 0.3) is 0 Å². The summed E-state index contributed by atoms with van der Waals surface area (Å²) in [5.74, 6) is -0.240. The van der Waals surface area contributed by atoms with E-state index in [1.807, 2.05) is 36.4 Å². The van der Waals surface area contributed by atoms with Gasteiger partial charge in [-0.15, -0.1) is 11.8 Å². The van der Waals surface area contributed by atoms with E-state index in [1.165, 1.54) is 6.92 Å². The Hall–Kier alpha value is -2.27. The van der Waals surface area contributed by atoms with E-state index >= 15 is 0 Å². The Morgan fingerprint density at radius 2 is 1.67 bits per heavy atom. The Morgan fingerprint density at radius 3 is 2.19 bits per heavy atom. The first-order valence-corrected chi connectivity index (χ1v) is 7.36. The number of carboxylic acids is 1. The Labute approximate surface area is 127 Å². The molecule has 0 spiro atoms. The molecule has 0 heterocycles. The lowest BCUT2D eigenvalue weighted by Gasteiger charge is -2.05. The number of thioether (sulfide) groups is 1. The summed E-state index contributed by atoms with van der Waals surface area (Å²) in [6.45, 7) is 1.48. The highest BCUT2D eigenvalue weighted by Gasteiger charge is 2.02. The van der Waals surface area contributed by atoms with E-state index in [-0.39, 0.29) is 5.91 Å². The Morgan fingerprint density at radius 1 is 1.05 bits per heavy atom. The predicted octanol–water partition coefficient (Wildman–Crippen LogP) is 3.64. The van der Waals surface area contributed by atoms with Crippen LogP contribution in [0.5, 0.6) is 0 Å². The second-order valence-electron chi connectivity index (χ2n) is 4.50. The van der Waals surface area contributed by atoms with E-state index in [4.69, 9.17) is 5.11 Å². The van der Waals surface area contributed by atoms with Crippen LogP contribution in [-0.4, -0.2) is 17.0 Å². The molecule has 0 aromatic heterocycles. The molecule has 0 radical (unpaired) electrons. The lowest BCUT2D eigenvalue weighted by Crippen LogP contribution is -2.05. The van der Waals surface area contributed by atoms with Gasteiger partial charge in [-0.25, -0.2) is 4.79 Å². The largest absolute Gasteiger partial charge is 0.478 e. The molecule has 21 heavy (non-hydrogen) atoms. The van der Waals surface area contributed by atoms with Crippen LogP contribution < -0.4 is 5.32 Å². The van der Waals surface area contributed by atoms with Gasteiger partial charge in [-0.3, -0.25) is 4.79 Å². The van der Waals surface area contributed by atoms with Gasteiger partial charge < -0.3 is 10.4 Å². The molecule has 0 bridgehead atoms. The maximum Gasteiger partial charge on any atom is 0.335 e. The molecular weight excluding hydrogens is 286 g/mol. The zero-order valence-electron chi connectivity index (χ0n) is 11.5. The van der Waals surface area contributed by atoms with Gasteiger partial charge in [0.25, 0.3) is 0 Å². The van der Waals surface area contributed by atoms with Crippen LogP contribution in [0.15, 0.2) is 53.4 Å². The van der Waals surface area contributed by atoms with Crippen LogP contribution >= 0.6 is 11.8 Å². The highest BCUT2D eigenvalue weighted by atomic mass is 32.2. The van der Waals surface area contributed by atoms with Crippen molar-refractivity contribution in [2.75, 3.05) is 5.32 Å². The van der Waals surface area contributed by atoms with E-state index < -0.39 is 5.97 Å². The first-order valence-electron chi connectivity index (χ1n) is 6.37. The fourth-order valence-corrected chi connectivity index (χ4v) is 2.60. The minimum Gasteiger partial charge on any atom is -0.478 e. The SMILES string of the molecule is CC(=O)Nc1ccc(SCc2ccc(C(=O)O)cc2)cc1. The zero-order valence-corrected chi connectivity index (χ0v) is 12.3. The van der Waals surface area contributed by atoms with Crippen molar-refractivity contribution in [1.29, 1.82) is 0 Å². The van der Waals surface area contributed by atoms with Crippen molar-refractivity contribution in [2.24, 2.45) is 0 Å². The number of nitrogens with one attached hydrogen (secondary N) is 1. The van der Waals surface area contributed by atoms with E-state index in [9.17, 15) is 9.59 Å². The van der Waals surface area contributed by atoms with E-state index in [0.717, 1.165) is 21.9 Å². The van der Waals surface area contributed by atoms with Crippen molar-refractivity contribution >= 4 is 29.3 Å². The number of amides is 1. The molecule has 0 saturated heterocycles. The average molecular weight is 301 g/mol. The van der Waals surface area contributed by atoms with Gasteiger partial charge in [0.2, 0.25) is 5.91 Å². The molecule has 2 aromatic rings. The normalized spacial score (nSPS) is 10.1. The molecular formula is C16H15NO3S. The standard InChI is InChI=1S/C16H15NO3S/c1-11(18)17-14-6-8-15(9-7-14)21-10-12-2-4-13(5-3-12)16(19)20/h2-9H,10H2,1H3,(H,17,18)(H,19,20). The fourth-order valence-electron chi connectivity index (χ4n) is 1.75. The second kappa shape index (κ2) is 6.95. The lowest BCUT2D eigenvalue weighted by molar-refractivity contribution is -0.114. The molecule has 0 atom stereocenters. The van der Waals surface area contributed by atoms with Crippen molar-refractivity contribution in [3.8, 4) is 0 Å². The number of benzene rings is 2. The third-order valence-electron chi connectivity index (χ3n) is 2.78. The summed E-state index contributed by atoms with van der Waals surface area (Å²) >= 11 is 1.66. The minimum absolute atomic E-state index is 0.0890. The zero-order chi connectivity index (χ0) is 15.2. The lowest BCUT2D eigenvalue weighted by atomic mass is 10.1. The van der Waals surface area contributed by atoms with Crippen LogP contribution in [0.1, 0.15) is 22.8 Å². The van der Waals surface area contributed by atoms with Gasteiger partial charge in [-0.2, -0.15) is 0 Å². The first-order chi connectivity index (χ1) is 10.0. The summed E-state index contributed by atoms with van der Waals surface area (Å²) in [7, 11) is 0. The fraction of sp³-hybridized carbons (Fsp3) is 0.125. The Kier molecular flexibility index (Phi) is 5.00. The third kappa shape index (κ3) is 4.65. The molecule has 0 saturated carbocycles. The third-order valence-corrected chi connectivity index (χ3v) is 3.86. The molecule has 1 amide bonds. The quantitative estimate of drug-likeness (QED) is 0.828. The molecule has 108 valence electrons. The van der Waals surface area contributed by atoms with E-state index in [0.29, 0.717) is 5.56 Å². The number of hydrogen-bond acceptors (Lipinski definition) is 3. The Balaban J connectivity index is 1.93. The van der Waals surface area contributed by atoms with Crippen LogP contribution in [0.3, 0.4) is 0 Å². The number of hydrogen-bond donors (Lipinski definition) is 2. The van der Waals surface area contributed by atoms with Gasteiger partial charge in [0.05, 0.1) is 5.56 Å². The van der Waals surface area contributed by atoms with E-state index in [1.54, 1.807) is 23.9 Å². The van der Waals surface area contributed by atoms with Crippen LogP contribution in [0, 0.1) is 0 Å². The summed E-state index contributed by atoms with van der Waals surface area (Å²) in [6, 6.07) is 14.5. The summed E-state index contributed by atoms with van der Waals surface area (Å²) in [5, 5.41) is 11.6. The molecule has 0 aliphatic carbocycles. The molecule has 4 nitrogen and oxygen atoms in total. The average Bonchev–Trinajstić information content (AvgIpc) is 2.46. The van der Waals surface area contributed by atoms with Crippen molar-refractivity contribution in [3.05, 3.63) is 59.7 Å². The van der Waals surface area contributed by atoms with Gasteiger partial charge in [-0.1, -0.05) is 12.1 Å². The molecule has 5 heteroatoms. The number of aromatic carboxylic acids is 1. The Bertz CT molecular complexity index is 636. The van der Waals surface area contributed by atoms with Crippen LogP contribution in [0.2, 0.25) is 0 Å². The summed E-state index contributed by atoms with van der Waals surface area (Å²) < 4.78 is 0. The molecule has 2 rings (SSSR count). The van der Waals surface area contributed by atoms with Crippen LogP contribution in [0.4, 0.5) is 5.69 Å². The van der Waals surface area contributed by atoms with Gasteiger partial charge in [0.1, 0.15) is 0 Å². The van der Waals surface area contributed by atoms with E-state index in [2.05, 4.69) is 5.32 Å². The maximum atomic E-state index is 10.9. The molecule has 0 fully saturated rings. The summed E-state index contributed by atoms with van der Waals surface area (Å²) in [6.07, 6.45) is 0. The van der Waals surface area contributed by atoms with Gasteiger partial charge in [-0.05, 0) is 42.0 Å². The molecule has 2 N–H and O–H groups in total. The maximum absolute atomic E-state index is 10.9. The number of carbonyl (C=O) groups excluding carboxylic acids is 1. The molecule has 0 aliphatic heterocycles. The van der Waals surface area contributed by atoms with Crippen molar-refractivity contribution < 1.29 is 14.7 Å². The van der Waals surface area contributed by atoms with Gasteiger partial charge in [0, 0.05) is 23.3 Å². The topological polar surface area (TPSA) is 66.4 Å². The minimum atomic E-state index is -0.914. The first kappa shape index (κ1) is 15.1. The van der Waals surface area contributed by atoms with Crippen molar-refractivity contribution in [2.45, 2.75) is 17.6 Å². The van der Waals surface area contributed by atoms with Gasteiger partial charge >= 0.3 is 5.97 Å². The highest BCUT2D eigenvalue weighted by molar-refractivity contribution is 7.98. The molecule has 0 unspecified atom stereocenters. The number of carbonyl (C=O) groups is 2. The highest BCUT2D eigenvalue weighted by Crippen LogP contribution is 2.24. The van der Waals surface area contributed by atoms with Crippen molar-refractivity contribution in [1.82, 2.24) is 0 Å². The monoisotopic (exact) mass is 301 g/mol. The number of rotatable bonds is 5. The predicted molar refractivity (Wildman–Crippen MR) is 83.7 cm³/mol. The smallest absolute Gasteiger partial charge is 0.335 e. The number of carboxylic acid groups (broad SMARTS) is 1. The summed E-state index contributed by atoms with van der Waals surface area (Å²) in [5.41, 5.74) is 2.14. The number of anilines is 1. The van der Waals surface area contributed by atoms with Crippen molar-refractivity contribution in [3.63, 3.8) is 0 Å². The summed E-state index contributed by atoms with van der Waals surface area (Å²) in [4.78, 5) is 22.8. The molecule has 2 aromatic carbocycles. The molecule has 0 aliphatic rings.